The van der Waals surface area contributed by atoms with Crippen LogP contribution in [0.4, 0.5) is 17.1 Å². The maximum absolute atomic E-state index is 13.6. The SMILES string of the molecule is CCCCCc1ccc(C(=O)Nc2ccc(N3CCN(c4ccccc4OC)CC3)c(C(=O)NCC3CCCO3)c2)cc1. The van der Waals surface area contributed by atoms with Gasteiger partial charge in [-0.25, -0.2) is 0 Å². The van der Waals surface area contributed by atoms with Gasteiger partial charge in [0.2, 0.25) is 0 Å². The number of aryl methyl sites for hydroxylation is 1. The van der Waals surface area contributed by atoms with Gasteiger partial charge in [-0.1, -0.05) is 44.0 Å². The lowest BCUT2D eigenvalue weighted by Crippen LogP contribution is -2.47. The van der Waals surface area contributed by atoms with Crippen molar-refractivity contribution in [2.24, 2.45) is 0 Å². The first kappa shape index (κ1) is 30.4. The lowest BCUT2D eigenvalue weighted by molar-refractivity contribution is 0.0858. The van der Waals surface area contributed by atoms with Crippen molar-refractivity contribution in [3.63, 3.8) is 0 Å². The number of ether oxygens (including phenoxy) is 2. The van der Waals surface area contributed by atoms with Gasteiger partial charge in [-0.05, 0) is 73.7 Å². The molecule has 5 rings (SSSR count). The number of para-hydroxylation sites is 2. The number of nitrogens with one attached hydrogen (secondary N) is 2. The van der Waals surface area contributed by atoms with Crippen LogP contribution < -0.4 is 25.2 Å². The van der Waals surface area contributed by atoms with E-state index in [0.29, 0.717) is 23.4 Å². The number of hydrogen-bond donors (Lipinski definition) is 2. The average Bonchev–Trinajstić information content (AvgIpc) is 3.58. The van der Waals surface area contributed by atoms with E-state index in [9.17, 15) is 9.59 Å². The summed E-state index contributed by atoms with van der Waals surface area (Å²) < 4.78 is 11.3. The fourth-order valence-electron chi connectivity index (χ4n) is 5.86. The number of carbonyl (C=O) groups is 2. The Balaban J connectivity index is 1.30. The summed E-state index contributed by atoms with van der Waals surface area (Å²) in [6, 6.07) is 21.5. The van der Waals surface area contributed by atoms with Gasteiger partial charge in [0.15, 0.2) is 0 Å². The number of benzene rings is 3. The van der Waals surface area contributed by atoms with Crippen LogP contribution in [-0.4, -0.2) is 64.4 Å². The molecule has 0 spiro atoms. The second-order valence-corrected chi connectivity index (χ2v) is 11.3. The summed E-state index contributed by atoms with van der Waals surface area (Å²) in [5, 5.41) is 6.09. The number of anilines is 3. The molecule has 1 atom stereocenters. The molecule has 0 aliphatic carbocycles. The van der Waals surface area contributed by atoms with Crippen LogP contribution in [0.3, 0.4) is 0 Å². The van der Waals surface area contributed by atoms with E-state index < -0.39 is 0 Å². The summed E-state index contributed by atoms with van der Waals surface area (Å²) in [6.45, 7) is 6.50. The highest BCUT2D eigenvalue weighted by Crippen LogP contribution is 2.31. The topological polar surface area (TPSA) is 83.1 Å². The zero-order valence-corrected chi connectivity index (χ0v) is 25.4. The number of amides is 2. The van der Waals surface area contributed by atoms with Crippen molar-refractivity contribution in [1.29, 1.82) is 0 Å². The van der Waals surface area contributed by atoms with Gasteiger partial charge in [-0.15, -0.1) is 0 Å². The lowest BCUT2D eigenvalue weighted by Gasteiger charge is -2.38. The minimum Gasteiger partial charge on any atom is -0.495 e. The molecule has 3 aromatic carbocycles. The monoisotopic (exact) mass is 584 g/mol. The zero-order chi connectivity index (χ0) is 30.0. The Morgan fingerprint density at radius 2 is 1.65 bits per heavy atom. The summed E-state index contributed by atoms with van der Waals surface area (Å²) >= 11 is 0. The van der Waals surface area contributed by atoms with E-state index >= 15 is 0 Å². The summed E-state index contributed by atoms with van der Waals surface area (Å²) in [4.78, 5) is 31.2. The van der Waals surface area contributed by atoms with E-state index in [0.717, 1.165) is 75.6 Å². The number of rotatable bonds is 12. The number of methoxy groups -OCH3 is 1. The third kappa shape index (κ3) is 7.87. The molecule has 228 valence electrons. The minimum atomic E-state index is -0.191. The molecule has 0 radical (unpaired) electrons. The minimum absolute atomic E-state index is 0.0460. The standard InChI is InChI=1S/C35H44N4O4/c1-3-4-5-9-26-13-15-27(16-14-26)34(40)37-28-17-18-31(30(24-28)35(41)36-25-29-10-8-23-43-29)38-19-21-39(22-20-38)32-11-6-7-12-33(32)42-2/h6-7,11-18,24,29H,3-5,8-10,19-23,25H2,1-2H3,(H,36,41)(H,37,40). The Morgan fingerprint density at radius 3 is 2.35 bits per heavy atom. The number of piperazine rings is 1. The van der Waals surface area contributed by atoms with Crippen LogP contribution >= 0.6 is 0 Å². The maximum atomic E-state index is 13.6. The van der Waals surface area contributed by atoms with Gasteiger partial charge in [-0.2, -0.15) is 0 Å². The van der Waals surface area contributed by atoms with Crippen LogP contribution in [0.25, 0.3) is 0 Å². The summed E-state index contributed by atoms with van der Waals surface area (Å²) in [7, 11) is 1.70. The summed E-state index contributed by atoms with van der Waals surface area (Å²) in [5.41, 5.74) is 4.92. The fourth-order valence-corrected chi connectivity index (χ4v) is 5.86. The Morgan fingerprint density at radius 1 is 0.907 bits per heavy atom. The second-order valence-electron chi connectivity index (χ2n) is 11.3. The molecular formula is C35H44N4O4. The number of hydrogen-bond acceptors (Lipinski definition) is 6. The molecule has 43 heavy (non-hydrogen) atoms. The van der Waals surface area contributed by atoms with Crippen molar-refractivity contribution in [1.82, 2.24) is 5.32 Å². The molecule has 8 nitrogen and oxygen atoms in total. The van der Waals surface area contributed by atoms with Crippen LogP contribution in [0, 0.1) is 0 Å². The molecular weight excluding hydrogens is 540 g/mol. The van der Waals surface area contributed by atoms with Crippen LogP contribution in [0.2, 0.25) is 0 Å². The largest absolute Gasteiger partial charge is 0.495 e. The van der Waals surface area contributed by atoms with Gasteiger partial charge < -0.3 is 29.9 Å². The molecule has 2 heterocycles. The lowest BCUT2D eigenvalue weighted by atomic mass is 10.0. The first-order chi connectivity index (χ1) is 21.1. The normalized spacial score (nSPS) is 16.7. The molecule has 0 bridgehead atoms. The maximum Gasteiger partial charge on any atom is 0.255 e. The van der Waals surface area contributed by atoms with Gasteiger partial charge >= 0.3 is 0 Å². The van der Waals surface area contributed by atoms with E-state index in [4.69, 9.17) is 9.47 Å². The summed E-state index contributed by atoms with van der Waals surface area (Å²) in [5.74, 6) is 0.505. The van der Waals surface area contributed by atoms with Gasteiger partial charge in [0.1, 0.15) is 5.75 Å². The van der Waals surface area contributed by atoms with Gasteiger partial charge in [0.25, 0.3) is 11.8 Å². The Labute approximate surface area is 255 Å². The quantitative estimate of drug-likeness (QED) is 0.258. The predicted octanol–water partition coefficient (Wildman–Crippen LogP) is 5.92. The number of carbonyl (C=O) groups excluding carboxylic acids is 2. The highest BCUT2D eigenvalue weighted by molar-refractivity contribution is 6.06. The van der Waals surface area contributed by atoms with E-state index in [1.807, 2.05) is 54.6 Å². The molecule has 2 N–H and O–H groups in total. The molecule has 8 heteroatoms. The molecule has 2 aliphatic heterocycles. The van der Waals surface area contributed by atoms with Gasteiger partial charge in [0.05, 0.1) is 24.5 Å². The smallest absolute Gasteiger partial charge is 0.255 e. The molecule has 0 aromatic heterocycles. The van der Waals surface area contributed by atoms with Crippen LogP contribution in [0.15, 0.2) is 66.7 Å². The van der Waals surface area contributed by atoms with Crippen molar-refractivity contribution in [3.05, 3.63) is 83.4 Å². The fraction of sp³-hybridized carbons (Fsp3) is 0.429. The third-order valence-electron chi connectivity index (χ3n) is 8.34. The van der Waals surface area contributed by atoms with Crippen molar-refractivity contribution in [2.75, 3.05) is 61.6 Å². The highest BCUT2D eigenvalue weighted by Gasteiger charge is 2.25. The molecule has 0 saturated carbocycles. The molecule has 2 saturated heterocycles. The highest BCUT2D eigenvalue weighted by atomic mass is 16.5. The van der Waals surface area contributed by atoms with Crippen LogP contribution in [0.1, 0.15) is 65.3 Å². The Kier molecular flexibility index (Phi) is 10.6. The third-order valence-corrected chi connectivity index (χ3v) is 8.34. The van der Waals surface area contributed by atoms with Crippen molar-refractivity contribution >= 4 is 28.9 Å². The average molecular weight is 585 g/mol. The first-order valence-corrected chi connectivity index (χ1v) is 15.6. The summed E-state index contributed by atoms with van der Waals surface area (Å²) in [6.07, 6.45) is 6.59. The number of unbranched alkanes of at least 4 members (excludes halogenated alkanes) is 2. The van der Waals surface area contributed by atoms with Gasteiger partial charge in [0, 0.05) is 56.3 Å². The van der Waals surface area contributed by atoms with E-state index in [1.165, 1.54) is 18.4 Å². The molecule has 2 aliphatic rings. The van der Waals surface area contributed by atoms with E-state index in [-0.39, 0.29) is 17.9 Å². The zero-order valence-electron chi connectivity index (χ0n) is 25.4. The number of nitrogens with zero attached hydrogens (tertiary/aromatic N) is 2. The van der Waals surface area contributed by atoms with Crippen molar-refractivity contribution in [3.8, 4) is 5.75 Å². The molecule has 1 unspecified atom stereocenters. The first-order valence-electron chi connectivity index (χ1n) is 15.6. The van der Waals surface area contributed by atoms with Crippen LogP contribution in [0.5, 0.6) is 5.75 Å². The van der Waals surface area contributed by atoms with Gasteiger partial charge in [-0.3, -0.25) is 9.59 Å². The van der Waals surface area contributed by atoms with Crippen molar-refractivity contribution < 1.29 is 19.1 Å². The Bertz CT molecular complexity index is 1360. The molecule has 2 amide bonds. The van der Waals surface area contributed by atoms with E-state index in [2.05, 4.69) is 33.4 Å². The predicted molar refractivity (Wildman–Crippen MR) is 173 cm³/mol. The van der Waals surface area contributed by atoms with E-state index in [1.54, 1.807) is 13.2 Å². The Hall–Kier alpha value is -4.04. The van der Waals surface area contributed by atoms with Crippen LogP contribution in [-0.2, 0) is 11.2 Å². The molecule has 2 fully saturated rings. The second kappa shape index (κ2) is 14.9. The van der Waals surface area contributed by atoms with Crippen molar-refractivity contribution in [2.45, 2.75) is 51.6 Å². The molecule has 3 aromatic rings.